The maximum Gasteiger partial charge on any atom is 0.244 e. The Labute approximate surface area is 102 Å². The van der Waals surface area contributed by atoms with E-state index in [1.54, 1.807) is 6.08 Å². The largest absolute Gasteiger partial charge is 0.354 e. The van der Waals surface area contributed by atoms with Crippen LogP contribution < -0.4 is 10.6 Å². The quantitative estimate of drug-likeness (QED) is 0.676. The van der Waals surface area contributed by atoms with Gasteiger partial charge in [-0.2, -0.15) is 0 Å². The minimum atomic E-state index is -0.216. The van der Waals surface area contributed by atoms with Gasteiger partial charge in [-0.1, -0.05) is 6.08 Å². The molecule has 0 unspecified atom stereocenters. The molecule has 17 heavy (non-hydrogen) atoms. The van der Waals surface area contributed by atoms with Crippen molar-refractivity contribution in [2.45, 2.75) is 26.3 Å². The normalized spacial score (nSPS) is 18.2. The lowest BCUT2D eigenvalue weighted by molar-refractivity contribution is -0.123. The number of amides is 2. The standard InChI is InChI=1S/C12H21N3O2/c1-12(2,3)14-10(16)5-4-7-15-8-6-13-11(17)9-15/h4-5H,6-9H2,1-3H3,(H,13,17)(H,14,16)/b5-4+. The van der Waals surface area contributed by atoms with E-state index in [1.807, 2.05) is 25.7 Å². The van der Waals surface area contributed by atoms with Crippen LogP contribution in [0.25, 0.3) is 0 Å². The van der Waals surface area contributed by atoms with Gasteiger partial charge in [0.1, 0.15) is 0 Å². The van der Waals surface area contributed by atoms with Crippen LogP contribution in [0.1, 0.15) is 20.8 Å². The van der Waals surface area contributed by atoms with Crippen LogP contribution in [0.5, 0.6) is 0 Å². The van der Waals surface area contributed by atoms with E-state index in [1.165, 1.54) is 6.08 Å². The number of hydrogen-bond acceptors (Lipinski definition) is 3. The highest BCUT2D eigenvalue weighted by Gasteiger charge is 2.14. The predicted octanol–water partition coefficient (Wildman–Crippen LogP) is -0.111. The molecule has 0 bridgehead atoms. The molecule has 1 aliphatic heterocycles. The lowest BCUT2D eigenvalue weighted by atomic mass is 10.1. The Morgan fingerprint density at radius 1 is 1.53 bits per heavy atom. The van der Waals surface area contributed by atoms with E-state index in [2.05, 4.69) is 10.6 Å². The van der Waals surface area contributed by atoms with Gasteiger partial charge in [-0.15, -0.1) is 0 Å². The van der Waals surface area contributed by atoms with Crippen LogP contribution in [-0.4, -0.2) is 48.4 Å². The first-order valence-corrected chi connectivity index (χ1v) is 5.84. The third kappa shape index (κ3) is 6.06. The molecule has 0 aromatic rings. The van der Waals surface area contributed by atoms with E-state index in [9.17, 15) is 9.59 Å². The Bertz CT molecular complexity index is 318. The number of piperazine rings is 1. The maximum atomic E-state index is 11.5. The molecular formula is C12H21N3O2. The van der Waals surface area contributed by atoms with Crippen molar-refractivity contribution in [3.63, 3.8) is 0 Å². The topological polar surface area (TPSA) is 61.4 Å². The highest BCUT2D eigenvalue weighted by molar-refractivity contribution is 5.88. The highest BCUT2D eigenvalue weighted by Crippen LogP contribution is 1.98. The van der Waals surface area contributed by atoms with E-state index in [-0.39, 0.29) is 17.4 Å². The van der Waals surface area contributed by atoms with Gasteiger partial charge >= 0.3 is 0 Å². The van der Waals surface area contributed by atoms with E-state index < -0.39 is 0 Å². The number of rotatable bonds is 3. The lowest BCUT2D eigenvalue weighted by Crippen LogP contribution is -2.47. The summed E-state index contributed by atoms with van der Waals surface area (Å²) in [4.78, 5) is 24.6. The number of carbonyl (C=O) groups excluding carboxylic acids is 2. The zero-order valence-electron chi connectivity index (χ0n) is 10.7. The first-order valence-electron chi connectivity index (χ1n) is 5.84. The molecule has 0 aromatic heterocycles. The van der Waals surface area contributed by atoms with Gasteiger partial charge in [0, 0.05) is 31.2 Å². The first kappa shape index (κ1) is 13.7. The van der Waals surface area contributed by atoms with E-state index in [0.717, 1.165) is 6.54 Å². The van der Waals surface area contributed by atoms with E-state index in [4.69, 9.17) is 0 Å². The number of nitrogens with zero attached hydrogens (tertiary/aromatic N) is 1. The molecule has 1 heterocycles. The predicted molar refractivity (Wildman–Crippen MR) is 66.5 cm³/mol. The summed E-state index contributed by atoms with van der Waals surface area (Å²) in [6.45, 7) is 8.36. The smallest absolute Gasteiger partial charge is 0.244 e. The van der Waals surface area contributed by atoms with Crippen molar-refractivity contribution in [3.05, 3.63) is 12.2 Å². The Morgan fingerprint density at radius 2 is 2.24 bits per heavy atom. The molecule has 0 aromatic carbocycles. The summed E-state index contributed by atoms with van der Waals surface area (Å²) in [6.07, 6.45) is 3.32. The molecule has 1 saturated heterocycles. The van der Waals surface area contributed by atoms with Gasteiger partial charge in [-0.3, -0.25) is 14.5 Å². The van der Waals surface area contributed by atoms with Crippen molar-refractivity contribution in [2.75, 3.05) is 26.2 Å². The molecule has 1 rings (SSSR count). The summed E-state index contributed by atoms with van der Waals surface area (Å²) in [7, 11) is 0. The molecule has 5 nitrogen and oxygen atoms in total. The van der Waals surface area contributed by atoms with Crippen molar-refractivity contribution in [2.24, 2.45) is 0 Å². The molecule has 0 spiro atoms. The third-order valence-electron chi connectivity index (χ3n) is 2.25. The van der Waals surface area contributed by atoms with Crippen molar-refractivity contribution in [1.29, 1.82) is 0 Å². The van der Waals surface area contributed by atoms with Crippen LogP contribution in [0.2, 0.25) is 0 Å². The van der Waals surface area contributed by atoms with Crippen LogP contribution in [0.3, 0.4) is 0 Å². The molecular weight excluding hydrogens is 218 g/mol. The fraction of sp³-hybridized carbons (Fsp3) is 0.667. The van der Waals surface area contributed by atoms with Crippen LogP contribution in [-0.2, 0) is 9.59 Å². The van der Waals surface area contributed by atoms with Crippen LogP contribution in [0.15, 0.2) is 12.2 Å². The van der Waals surface area contributed by atoms with Gasteiger partial charge in [-0.05, 0) is 20.8 Å². The van der Waals surface area contributed by atoms with Crippen LogP contribution in [0.4, 0.5) is 0 Å². The third-order valence-corrected chi connectivity index (χ3v) is 2.25. The molecule has 5 heteroatoms. The van der Waals surface area contributed by atoms with Gasteiger partial charge in [0.05, 0.1) is 6.54 Å². The maximum absolute atomic E-state index is 11.5. The molecule has 1 fully saturated rings. The summed E-state index contributed by atoms with van der Waals surface area (Å²) >= 11 is 0. The first-order chi connectivity index (χ1) is 7.87. The summed E-state index contributed by atoms with van der Waals surface area (Å²) in [5.41, 5.74) is -0.216. The fourth-order valence-corrected chi connectivity index (χ4v) is 1.57. The minimum Gasteiger partial charge on any atom is -0.354 e. The number of carbonyl (C=O) groups is 2. The average molecular weight is 239 g/mol. The molecule has 0 saturated carbocycles. The monoisotopic (exact) mass is 239 g/mol. The molecule has 1 aliphatic rings. The van der Waals surface area contributed by atoms with Gasteiger partial charge in [0.15, 0.2) is 0 Å². The van der Waals surface area contributed by atoms with Crippen molar-refractivity contribution >= 4 is 11.8 Å². The van der Waals surface area contributed by atoms with Gasteiger partial charge in [0.25, 0.3) is 0 Å². The van der Waals surface area contributed by atoms with E-state index >= 15 is 0 Å². The highest BCUT2D eigenvalue weighted by atomic mass is 16.2. The lowest BCUT2D eigenvalue weighted by Gasteiger charge is -2.25. The second-order valence-corrected chi connectivity index (χ2v) is 5.23. The Kier molecular flexibility index (Phi) is 4.69. The molecule has 0 atom stereocenters. The molecule has 0 radical (unpaired) electrons. The SMILES string of the molecule is CC(C)(C)NC(=O)/C=C/CN1CCNC(=O)C1. The molecule has 0 aliphatic carbocycles. The summed E-state index contributed by atoms with van der Waals surface area (Å²) in [5.74, 6) is -0.0530. The van der Waals surface area contributed by atoms with E-state index in [0.29, 0.717) is 19.6 Å². The summed E-state index contributed by atoms with van der Waals surface area (Å²) in [5, 5.41) is 5.60. The summed E-state index contributed by atoms with van der Waals surface area (Å²) < 4.78 is 0. The fourth-order valence-electron chi connectivity index (χ4n) is 1.57. The molecule has 96 valence electrons. The zero-order valence-corrected chi connectivity index (χ0v) is 10.7. The Balaban J connectivity index is 2.29. The zero-order chi connectivity index (χ0) is 12.9. The second kappa shape index (κ2) is 5.82. The summed E-state index contributed by atoms with van der Waals surface area (Å²) in [6, 6.07) is 0. The molecule has 2 N–H and O–H groups in total. The van der Waals surface area contributed by atoms with Crippen LogP contribution >= 0.6 is 0 Å². The Hall–Kier alpha value is -1.36. The number of nitrogens with one attached hydrogen (secondary N) is 2. The minimum absolute atomic E-state index is 0.0452. The Morgan fingerprint density at radius 3 is 2.82 bits per heavy atom. The van der Waals surface area contributed by atoms with Gasteiger partial charge in [0.2, 0.25) is 11.8 Å². The van der Waals surface area contributed by atoms with Crippen molar-refractivity contribution < 1.29 is 9.59 Å². The second-order valence-electron chi connectivity index (χ2n) is 5.23. The van der Waals surface area contributed by atoms with Crippen molar-refractivity contribution in [1.82, 2.24) is 15.5 Å². The number of hydrogen-bond donors (Lipinski definition) is 2. The molecule has 2 amide bonds. The van der Waals surface area contributed by atoms with Crippen LogP contribution in [0, 0.1) is 0 Å². The van der Waals surface area contributed by atoms with Gasteiger partial charge < -0.3 is 10.6 Å². The average Bonchev–Trinajstić information content (AvgIpc) is 2.14. The van der Waals surface area contributed by atoms with Crippen molar-refractivity contribution in [3.8, 4) is 0 Å². The van der Waals surface area contributed by atoms with Gasteiger partial charge in [-0.25, -0.2) is 0 Å².